The van der Waals surface area contributed by atoms with Crippen molar-refractivity contribution in [3.63, 3.8) is 0 Å². The number of phenolic OH excluding ortho intramolecular Hbond substituents is 2. The molecule has 1 aliphatic heterocycles. The van der Waals surface area contributed by atoms with Crippen LogP contribution in [0.1, 0.15) is 29.2 Å². The van der Waals surface area contributed by atoms with Crippen molar-refractivity contribution >= 4 is 11.5 Å². The number of hydrogen-bond donors (Lipinski definition) is 4. The standard InChI is InChI=1S/C19H17NO4/c21-11-5-6-13(17(22)8-11)18-15-7-10-3-1-2-4-12(10)14(15)9-16(20-18)19(23)24/h1-6,8,16,18,20-22H,7,9H2,(H,23,24)/t16-,18-/m1/s1. The fourth-order valence-corrected chi connectivity index (χ4v) is 3.75. The van der Waals surface area contributed by atoms with Crippen molar-refractivity contribution in [2.75, 3.05) is 0 Å². The topological polar surface area (TPSA) is 89.8 Å². The summed E-state index contributed by atoms with van der Waals surface area (Å²) in [6.45, 7) is 0. The van der Waals surface area contributed by atoms with Gasteiger partial charge in [0.25, 0.3) is 0 Å². The number of nitrogens with one attached hydrogen (secondary N) is 1. The molecule has 1 aliphatic carbocycles. The predicted octanol–water partition coefficient (Wildman–Crippen LogP) is 2.60. The van der Waals surface area contributed by atoms with Crippen LogP contribution in [-0.4, -0.2) is 27.3 Å². The van der Waals surface area contributed by atoms with E-state index >= 15 is 0 Å². The molecule has 2 atom stereocenters. The van der Waals surface area contributed by atoms with Gasteiger partial charge in [-0.3, -0.25) is 10.1 Å². The summed E-state index contributed by atoms with van der Waals surface area (Å²) in [5.74, 6) is -0.971. The van der Waals surface area contributed by atoms with Crippen LogP contribution in [0.5, 0.6) is 11.5 Å². The first-order chi connectivity index (χ1) is 11.5. The third kappa shape index (κ3) is 2.25. The zero-order valence-corrected chi connectivity index (χ0v) is 12.9. The minimum Gasteiger partial charge on any atom is -0.508 e. The van der Waals surface area contributed by atoms with E-state index < -0.39 is 12.0 Å². The number of carboxylic acids is 1. The van der Waals surface area contributed by atoms with E-state index in [1.54, 1.807) is 6.07 Å². The number of aromatic hydroxyl groups is 2. The lowest BCUT2D eigenvalue weighted by Crippen LogP contribution is -2.43. The second kappa shape index (κ2) is 5.39. The van der Waals surface area contributed by atoms with Gasteiger partial charge in [-0.25, -0.2) is 0 Å². The van der Waals surface area contributed by atoms with E-state index in [0.29, 0.717) is 12.0 Å². The smallest absolute Gasteiger partial charge is 0.321 e. The van der Waals surface area contributed by atoms with Crippen LogP contribution in [0.2, 0.25) is 0 Å². The monoisotopic (exact) mass is 323 g/mol. The molecule has 122 valence electrons. The zero-order valence-electron chi connectivity index (χ0n) is 12.9. The number of carboxylic acid groups (broad SMARTS) is 1. The van der Waals surface area contributed by atoms with Crippen LogP contribution in [0, 0.1) is 0 Å². The SMILES string of the molecule is O=C(O)[C@H]1CC2=C(Cc3ccccc32)[C@@H](c2ccc(O)cc2O)N1. The molecule has 2 aromatic rings. The van der Waals surface area contributed by atoms with E-state index in [0.717, 1.165) is 23.1 Å². The van der Waals surface area contributed by atoms with Gasteiger partial charge in [-0.2, -0.15) is 0 Å². The van der Waals surface area contributed by atoms with E-state index in [4.69, 9.17) is 0 Å². The Hall–Kier alpha value is -2.79. The summed E-state index contributed by atoms with van der Waals surface area (Å²) < 4.78 is 0. The molecule has 0 saturated carbocycles. The largest absolute Gasteiger partial charge is 0.508 e. The second-order valence-electron chi connectivity index (χ2n) is 6.28. The van der Waals surface area contributed by atoms with E-state index in [9.17, 15) is 20.1 Å². The molecule has 24 heavy (non-hydrogen) atoms. The normalized spacial score (nSPS) is 22.2. The van der Waals surface area contributed by atoms with Crippen molar-refractivity contribution < 1.29 is 20.1 Å². The Morgan fingerprint density at radius 1 is 1.12 bits per heavy atom. The van der Waals surface area contributed by atoms with Gasteiger partial charge in [0.1, 0.15) is 17.5 Å². The van der Waals surface area contributed by atoms with E-state index in [-0.39, 0.29) is 17.5 Å². The molecule has 0 saturated heterocycles. The van der Waals surface area contributed by atoms with E-state index in [1.807, 2.05) is 18.2 Å². The number of benzene rings is 2. The number of fused-ring (bicyclic) bond motifs is 2. The molecule has 5 nitrogen and oxygen atoms in total. The maximum Gasteiger partial charge on any atom is 0.321 e. The fourth-order valence-electron chi connectivity index (χ4n) is 3.75. The number of hydrogen-bond acceptors (Lipinski definition) is 4. The average molecular weight is 323 g/mol. The third-order valence-corrected chi connectivity index (χ3v) is 4.86. The molecule has 1 heterocycles. The Morgan fingerprint density at radius 3 is 2.67 bits per heavy atom. The lowest BCUT2D eigenvalue weighted by atomic mass is 9.86. The Labute approximate surface area is 138 Å². The molecule has 2 aliphatic rings. The Bertz CT molecular complexity index is 871. The molecule has 0 fully saturated rings. The van der Waals surface area contributed by atoms with Gasteiger partial charge >= 0.3 is 5.97 Å². The summed E-state index contributed by atoms with van der Waals surface area (Å²) in [7, 11) is 0. The van der Waals surface area contributed by atoms with Gasteiger partial charge in [0.05, 0.1) is 6.04 Å². The molecule has 0 aromatic heterocycles. The first kappa shape index (κ1) is 14.8. The Balaban J connectivity index is 1.84. The maximum atomic E-state index is 11.6. The second-order valence-corrected chi connectivity index (χ2v) is 6.28. The fraction of sp³-hybridized carbons (Fsp3) is 0.211. The molecule has 0 amide bonds. The highest BCUT2D eigenvalue weighted by Crippen LogP contribution is 2.46. The van der Waals surface area contributed by atoms with Crippen LogP contribution < -0.4 is 5.32 Å². The molecule has 0 radical (unpaired) electrons. The number of aliphatic carboxylic acids is 1. The van der Waals surface area contributed by atoms with Crippen molar-refractivity contribution in [2.24, 2.45) is 0 Å². The van der Waals surface area contributed by atoms with Crippen LogP contribution in [0.3, 0.4) is 0 Å². The number of carbonyl (C=O) groups is 1. The Morgan fingerprint density at radius 2 is 1.92 bits per heavy atom. The third-order valence-electron chi connectivity index (χ3n) is 4.86. The quantitative estimate of drug-likeness (QED) is 0.682. The maximum absolute atomic E-state index is 11.6. The Kier molecular flexibility index (Phi) is 3.32. The van der Waals surface area contributed by atoms with Crippen LogP contribution in [-0.2, 0) is 11.2 Å². The highest BCUT2D eigenvalue weighted by molar-refractivity contribution is 5.85. The van der Waals surface area contributed by atoms with Gasteiger partial charge in [-0.1, -0.05) is 24.3 Å². The first-order valence-corrected chi connectivity index (χ1v) is 7.85. The van der Waals surface area contributed by atoms with Gasteiger partial charge in [0.15, 0.2) is 0 Å². The molecular weight excluding hydrogens is 306 g/mol. The number of phenols is 2. The molecular formula is C19H17NO4. The van der Waals surface area contributed by atoms with Gasteiger partial charge < -0.3 is 15.3 Å². The molecule has 0 unspecified atom stereocenters. The summed E-state index contributed by atoms with van der Waals surface area (Å²) in [6.07, 6.45) is 1.16. The summed E-state index contributed by atoms with van der Waals surface area (Å²) in [4.78, 5) is 11.6. The molecule has 4 rings (SSSR count). The summed E-state index contributed by atoms with van der Waals surface area (Å²) in [5, 5.41) is 32.4. The van der Waals surface area contributed by atoms with Crippen molar-refractivity contribution in [3.8, 4) is 11.5 Å². The van der Waals surface area contributed by atoms with Crippen molar-refractivity contribution in [1.82, 2.24) is 5.32 Å². The van der Waals surface area contributed by atoms with Gasteiger partial charge in [-0.05, 0) is 47.2 Å². The summed E-state index contributed by atoms with van der Waals surface area (Å²) in [6, 6.07) is 11.3. The van der Waals surface area contributed by atoms with E-state index in [1.165, 1.54) is 17.7 Å². The molecule has 5 heteroatoms. The highest BCUT2D eigenvalue weighted by atomic mass is 16.4. The van der Waals surface area contributed by atoms with Crippen molar-refractivity contribution in [1.29, 1.82) is 0 Å². The zero-order chi connectivity index (χ0) is 16.8. The predicted molar refractivity (Wildman–Crippen MR) is 88.8 cm³/mol. The van der Waals surface area contributed by atoms with Gasteiger partial charge in [0, 0.05) is 11.6 Å². The summed E-state index contributed by atoms with van der Waals surface area (Å²) >= 11 is 0. The van der Waals surface area contributed by atoms with Gasteiger partial charge in [-0.15, -0.1) is 0 Å². The molecule has 2 aromatic carbocycles. The van der Waals surface area contributed by atoms with Crippen LogP contribution in [0.4, 0.5) is 0 Å². The number of rotatable bonds is 2. The van der Waals surface area contributed by atoms with Crippen molar-refractivity contribution in [3.05, 3.63) is 64.7 Å². The minimum absolute atomic E-state index is 0.0224. The molecule has 0 spiro atoms. The highest BCUT2D eigenvalue weighted by Gasteiger charge is 2.37. The lowest BCUT2D eigenvalue weighted by molar-refractivity contribution is -0.139. The summed E-state index contributed by atoms with van der Waals surface area (Å²) in [5.41, 5.74) is 5.00. The van der Waals surface area contributed by atoms with Crippen molar-refractivity contribution in [2.45, 2.75) is 24.9 Å². The van der Waals surface area contributed by atoms with Crippen LogP contribution in [0.25, 0.3) is 5.57 Å². The minimum atomic E-state index is -0.908. The lowest BCUT2D eigenvalue weighted by Gasteiger charge is -2.31. The molecule has 4 N–H and O–H groups in total. The first-order valence-electron chi connectivity index (χ1n) is 7.85. The van der Waals surface area contributed by atoms with Crippen LogP contribution in [0.15, 0.2) is 48.0 Å². The average Bonchev–Trinajstić information content (AvgIpc) is 2.93. The van der Waals surface area contributed by atoms with E-state index in [2.05, 4.69) is 11.4 Å². The molecule has 0 bridgehead atoms. The van der Waals surface area contributed by atoms with Gasteiger partial charge in [0.2, 0.25) is 0 Å². The van der Waals surface area contributed by atoms with Crippen LogP contribution >= 0.6 is 0 Å².